The lowest BCUT2D eigenvalue weighted by Crippen LogP contribution is -2.29. The van der Waals surface area contributed by atoms with Gasteiger partial charge in [0.1, 0.15) is 5.82 Å². The second-order valence-corrected chi connectivity index (χ2v) is 9.46. The maximum absolute atomic E-state index is 13.3. The molecular formula is C26H17F4NO4S. The number of hydrogen-bond donors (Lipinski definition) is 2. The third-order valence-corrected chi connectivity index (χ3v) is 6.47. The van der Waals surface area contributed by atoms with Crippen LogP contribution in [0, 0.1) is 5.82 Å². The molecule has 0 atom stereocenters. The van der Waals surface area contributed by atoms with Crippen LogP contribution in [0.15, 0.2) is 78.9 Å². The maximum Gasteiger partial charge on any atom is 0.516 e. The van der Waals surface area contributed by atoms with Crippen molar-refractivity contribution in [3.05, 3.63) is 101 Å². The van der Waals surface area contributed by atoms with Crippen molar-refractivity contribution in [2.75, 3.05) is 4.72 Å². The van der Waals surface area contributed by atoms with Crippen LogP contribution in [0.1, 0.15) is 21.5 Å². The zero-order chi connectivity index (χ0) is 26.1. The Morgan fingerprint density at radius 1 is 0.861 bits per heavy atom. The molecule has 36 heavy (non-hydrogen) atoms. The van der Waals surface area contributed by atoms with Crippen LogP contribution >= 0.6 is 0 Å². The Bertz CT molecular complexity index is 1600. The monoisotopic (exact) mass is 515 g/mol. The average molecular weight is 515 g/mol. The summed E-state index contributed by atoms with van der Waals surface area (Å²) in [6.45, 7) is 0. The zero-order valence-corrected chi connectivity index (χ0v) is 19.1. The molecule has 0 saturated heterocycles. The Labute approximate surface area is 203 Å². The minimum absolute atomic E-state index is 0.0107. The lowest BCUT2D eigenvalue weighted by atomic mass is 9.98. The summed E-state index contributed by atoms with van der Waals surface area (Å²) in [5, 5.41) is 10.3. The molecule has 2 N–H and O–H groups in total. The predicted octanol–water partition coefficient (Wildman–Crippen LogP) is 6.78. The van der Waals surface area contributed by atoms with Gasteiger partial charge < -0.3 is 5.11 Å². The number of rotatable bonds is 6. The number of nitrogens with one attached hydrogen (secondary N) is 1. The van der Waals surface area contributed by atoms with Gasteiger partial charge in [-0.05, 0) is 64.0 Å². The van der Waals surface area contributed by atoms with E-state index in [1.165, 1.54) is 42.5 Å². The molecule has 10 heteroatoms. The number of anilines is 1. The van der Waals surface area contributed by atoms with Crippen LogP contribution in [0.5, 0.6) is 0 Å². The van der Waals surface area contributed by atoms with Crippen molar-refractivity contribution in [2.45, 2.75) is 5.51 Å². The molecule has 184 valence electrons. The van der Waals surface area contributed by atoms with E-state index in [-0.39, 0.29) is 16.6 Å². The standard InChI is InChI=1S/C26H17F4NO4S/c27-21-11-8-17(9-12-21)19-10-13-22(25(32)33)20(15-19)7-5-16-4-6-18-2-1-3-24(23(18)14-16)31-36(34,35)26(28,29)30/h1-15,31H,(H,32,33). The minimum atomic E-state index is -5.62. The largest absolute Gasteiger partial charge is 0.516 e. The minimum Gasteiger partial charge on any atom is -0.478 e. The van der Waals surface area contributed by atoms with Gasteiger partial charge in [-0.15, -0.1) is 0 Å². The Morgan fingerprint density at radius 2 is 1.56 bits per heavy atom. The molecule has 5 nitrogen and oxygen atoms in total. The van der Waals surface area contributed by atoms with Gasteiger partial charge >= 0.3 is 21.5 Å². The summed E-state index contributed by atoms with van der Waals surface area (Å²) in [6, 6.07) is 19.3. The van der Waals surface area contributed by atoms with Gasteiger partial charge in [0.25, 0.3) is 0 Å². The lowest BCUT2D eigenvalue weighted by Gasteiger charge is -2.13. The first-order valence-corrected chi connectivity index (χ1v) is 11.9. The lowest BCUT2D eigenvalue weighted by molar-refractivity contribution is -0.0429. The number of carboxylic acids is 1. The average Bonchev–Trinajstić information content (AvgIpc) is 2.82. The number of hydrogen-bond acceptors (Lipinski definition) is 3. The summed E-state index contributed by atoms with van der Waals surface area (Å²) >= 11 is 0. The molecule has 0 aliphatic carbocycles. The fourth-order valence-electron chi connectivity index (χ4n) is 3.59. The number of fused-ring (bicyclic) bond motifs is 1. The van der Waals surface area contributed by atoms with Crippen LogP contribution in [-0.4, -0.2) is 25.0 Å². The van der Waals surface area contributed by atoms with Crippen LogP contribution in [0.2, 0.25) is 0 Å². The first-order valence-electron chi connectivity index (χ1n) is 10.4. The summed E-state index contributed by atoms with van der Waals surface area (Å²) in [5.41, 5.74) is -3.55. The Balaban J connectivity index is 1.73. The van der Waals surface area contributed by atoms with E-state index in [9.17, 15) is 35.9 Å². The second kappa shape index (κ2) is 9.46. The number of alkyl halides is 3. The number of carboxylic acid groups (broad SMARTS) is 1. The van der Waals surface area contributed by atoms with Crippen molar-refractivity contribution in [1.82, 2.24) is 0 Å². The third-order valence-electron chi connectivity index (χ3n) is 5.37. The SMILES string of the molecule is O=C(O)c1ccc(-c2ccc(F)cc2)cc1C=Cc1ccc2cccc(NS(=O)(=O)C(F)(F)F)c2c1. The van der Waals surface area contributed by atoms with E-state index >= 15 is 0 Å². The molecule has 0 heterocycles. The molecule has 4 aromatic carbocycles. The van der Waals surface area contributed by atoms with Gasteiger partial charge in [0.15, 0.2) is 0 Å². The molecule has 0 unspecified atom stereocenters. The molecule has 0 aliphatic heterocycles. The van der Waals surface area contributed by atoms with Gasteiger partial charge in [0, 0.05) is 5.39 Å². The van der Waals surface area contributed by atoms with Gasteiger partial charge in [-0.2, -0.15) is 21.6 Å². The van der Waals surface area contributed by atoms with Crippen LogP contribution in [0.4, 0.5) is 23.2 Å². The van der Waals surface area contributed by atoms with Crippen LogP contribution in [0.25, 0.3) is 34.1 Å². The van der Waals surface area contributed by atoms with E-state index in [0.717, 1.165) is 0 Å². The maximum atomic E-state index is 13.3. The van der Waals surface area contributed by atoms with E-state index < -0.39 is 27.3 Å². The predicted molar refractivity (Wildman–Crippen MR) is 130 cm³/mol. The Morgan fingerprint density at radius 3 is 2.22 bits per heavy atom. The first-order chi connectivity index (χ1) is 16.9. The molecule has 0 spiro atoms. The molecule has 0 amide bonds. The first kappa shape index (κ1) is 24.9. The van der Waals surface area contributed by atoms with E-state index in [1.807, 2.05) is 0 Å². The van der Waals surface area contributed by atoms with Gasteiger partial charge in [0.2, 0.25) is 0 Å². The number of halogens is 4. The fraction of sp³-hybridized carbons (Fsp3) is 0.0385. The van der Waals surface area contributed by atoms with Crippen molar-refractivity contribution >= 4 is 44.6 Å². The number of sulfonamides is 1. The number of benzene rings is 4. The number of carbonyl (C=O) groups is 1. The summed E-state index contributed by atoms with van der Waals surface area (Å²) < 4.78 is 76.6. The second-order valence-electron chi connectivity index (χ2n) is 7.78. The van der Waals surface area contributed by atoms with Gasteiger partial charge in [0.05, 0.1) is 11.3 Å². The van der Waals surface area contributed by atoms with Crippen molar-refractivity contribution in [3.63, 3.8) is 0 Å². The molecule has 4 aromatic rings. The highest BCUT2D eigenvalue weighted by atomic mass is 32.2. The highest BCUT2D eigenvalue weighted by Crippen LogP contribution is 2.31. The normalized spacial score (nSPS) is 12.2. The molecule has 0 fully saturated rings. The van der Waals surface area contributed by atoms with E-state index in [4.69, 9.17) is 0 Å². The zero-order valence-electron chi connectivity index (χ0n) is 18.3. The van der Waals surface area contributed by atoms with Crippen molar-refractivity contribution < 1.29 is 35.9 Å². The van der Waals surface area contributed by atoms with Crippen molar-refractivity contribution in [1.29, 1.82) is 0 Å². The Hall–Kier alpha value is -4.18. The van der Waals surface area contributed by atoms with Crippen LogP contribution in [0.3, 0.4) is 0 Å². The summed E-state index contributed by atoms with van der Waals surface area (Å²) in [4.78, 5) is 11.7. The van der Waals surface area contributed by atoms with Crippen LogP contribution in [-0.2, 0) is 10.0 Å². The van der Waals surface area contributed by atoms with Gasteiger partial charge in [-0.1, -0.05) is 54.6 Å². The highest BCUT2D eigenvalue weighted by Gasteiger charge is 2.46. The van der Waals surface area contributed by atoms with Gasteiger partial charge in [-0.25, -0.2) is 9.18 Å². The van der Waals surface area contributed by atoms with Gasteiger partial charge in [-0.3, -0.25) is 4.72 Å². The van der Waals surface area contributed by atoms with Crippen LogP contribution < -0.4 is 4.72 Å². The summed E-state index contributed by atoms with van der Waals surface area (Å²) in [7, 11) is -5.62. The van der Waals surface area contributed by atoms with Crippen molar-refractivity contribution in [3.8, 4) is 11.1 Å². The van der Waals surface area contributed by atoms with Crippen molar-refractivity contribution in [2.24, 2.45) is 0 Å². The summed E-state index contributed by atoms with van der Waals surface area (Å²) in [5.74, 6) is -1.57. The molecule has 0 aromatic heterocycles. The van der Waals surface area contributed by atoms with E-state index in [1.54, 1.807) is 53.3 Å². The number of aromatic carboxylic acids is 1. The molecule has 0 saturated carbocycles. The topological polar surface area (TPSA) is 83.5 Å². The quantitative estimate of drug-likeness (QED) is 0.219. The highest BCUT2D eigenvalue weighted by molar-refractivity contribution is 7.93. The molecule has 0 radical (unpaired) electrons. The van der Waals surface area contributed by atoms with E-state index in [2.05, 4.69) is 0 Å². The molecule has 0 aliphatic rings. The molecule has 0 bridgehead atoms. The Kier molecular flexibility index (Phi) is 6.55. The fourth-order valence-corrected chi connectivity index (χ4v) is 4.17. The smallest absolute Gasteiger partial charge is 0.478 e. The van der Waals surface area contributed by atoms with E-state index in [0.29, 0.717) is 27.6 Å². The molecular weight excluding hydrogens is 498 g/mol. The molecule has 4 rings (SSSR count). The third kappa shape index (κ3) is 5.23. The summed E-state index contributed by atoms with van der Waals surface area (Å²) in [6.07, 6.45) is 3.09.